The fourth-order valence-corrected chi connectivity index (χ4v) is 4.50. The van der Waals surface area contributed by atoms with E-state index in [-0.39, 0.29) is 35.9 Å². The number of amides is 2. The molecule has 1 saturated heterocycles. The maximum Gasteiger partial charge on any atom is 0.272 e. The number of benzene rings is 2. The lowest BCUT2D eigenvalue weighted by Gasteiger charge is -2.20. The molecule has 2 atom stereocenters. The molecule has 1 fully saturated rings. The number of aromatic nitrogens is 1. The third-order valence-electron chi connectivity index (χ3n) is 6.08. The number of phenolic OH excluding ortho intramolecular Hbond substituents is 1. The molecule has 2 N–H and O–H groups in total. The van der Waals surface area contributed by atoms with Crippen LogP contribution in [0.5, 0.6) is 17.2 Å². The number of halogens is 1. The number of likely N-dealkylation sites (tertiary alicyclic amines) is 1. The smallest absolute Gasteiger partial charge is 0.272 e. The fraction of sp³-hybridized carbons (Fsp3) is 0.240. The van der Waals surface area contributed by atoms with E-state index < -0.39 is 0 Å². The summed E-state index contributed by atoms with van der Waals surface area (Å²) in [6, 6.07) is 15.6. The summed E-state index contributed by atoms with van der Waals surface area (Å²) in [6.45, 7) is 0.801. The number of carbonyl (C=O) groups excluding carboxylic acids is 2. The van der Waals surface area contributed by atoms with E-state index in [1.54, 1.807) is 35.2 Å². The van der Waals surface area contributed by atoms with Crippen LogP contribution in [0.4, 0.5) is 0 Å². The summed E-state index contributed by atoms with van der Waals surface area (Å²) in [7, 11) is 0. The van der Waals surface area contributed by atoms with E-state index in [0.29, 0.717) is 41.7 Å². The van der Waals surface area contributed by atoms with Gasteiger partial charge >= 0.3 is 0 Å². The largest absolute Gasteiger partial charge is 0.504 e. The van der Waals surface area contributed by atoms with Crippen molar-refractivity contribution in [2.75, 3.05) is 13.1 Å². The number of phenols is 1. The molecule has 168 valence electrons. The van der Waals surface area contributed by atoms with Crippen LogP contribution in [-0.2, 0) is 11.2 Å². The molecule has 2 aliphatic heterocycles. The SMILES string of the molecule is O=C1CCc2ccc(O)c(c2)Oc2cccc(c2)[C@@H]2CN(C(=O)c3ccc(Cl)cn3)C[C@H]2N1. The average molecular weight is 464 g/mol. The molecule has 5 rings (SSSR count). The Balaban J connectivity index is 1.47. The van der Waals surface area contributed by atoms with Crippen LogP contribution in [0.2, 0.25) is 5.02 Å². The van der Waals surface area contributed by atoms with Gasteiger partial charge < -0.3 is 20.1 Å². The quantitative estimate of drug-likeness (QED) is 0.571. The van der Waals surface area contributed by atoms with E-state index in [4.69, 9.17) is 16.3 Å². The van der Waals surface area contributed by atoms with Gasteiger partial charge in [0.2, 0.25) is 5.91 Å². The van der Waals surface area contributed by atoms with E-state index in [9.17, 15) is 14.7 Å². The Morgan fingerprint density at radius 3 is 2.82 bits per heavy atom. The van der Waals surface area contributed by atoms with E-state index in [1.807, 2.05) is 24.3 Å². The Morgan fingerprint density at radius 2 is 2.00 bits per heavy atom. The van der Waals surface area contributed by atoms with Gasteiger partial charge in [0.15, 0.2) is 11.5 Å². The molecule has 3 heterocycles. The summed E-state index contributed by atoms with van der Waals surface area (Å²) in [4.78, 5) is 31.7. The molecule has 1 aromatic heterocycles. The maximum atomic E-state index is 13.1. The van der Waals surface area contributed by atoms with Crippen molar-refractivity contribution in [3.05, 3.63) is 82.6 Å². The highest BCUT2D eigenvalue weighted by Gasteiger charge is 2.38. The molecule has 2 aliphatic rings. The normalized spacial score (nSPS) is 19.9. The van der Waals surface area contributed by atoms with Crippen LogP contribution in [0.3, 0.4) is 0 Å². The lowest BCUT2D eigenvalue weighted by molar-refractivity contribution is -0.121. The predicted molar refractivity (Wildman–Crippen MR) is 123 cm³/mol. The van der Waals surface area contributed by atoms with E-state index in [2.05, 4.69) is 10.3 Å². The van der Waals surface area contributed by atoms with Crippen molar-refractivity contribution in [1.82, 2.24) is 15.2 Å². The highest BCUT2D eigenvalue weighted by Crippen LogP contribution is 2.35. The third-order valence-corrected chi connectivity index (χ3v) is 6.30. The summed E-state index contributed by atoms with van der Waals surface area (Å²) in [5, 5.41) is 13.8. The number of nitrogens with zero attached hydrogens (tertiary/aromatic N) is 2. The molecule has 7 nitrogen and oxygen atoms in total. The molecule has 8 heteroatoms. The molecule has 4 bridgehead atoms. The van der Waals surface area contributed by atoms with Crippen LogP contribution in [0.15, 0.2) is 60.8 Å². The number of fused-ring (bicyclic) bond motifs is 6. The van der Waals surface area contributed by atoms with Crippen molar-refractivity contribution in [3.63, 3.8) is 0 Å². The summed E-state index contributed by atoms with van der Waals surface area (Å²) < 4.78 is 5.98. The van der Waals surface area contributed by atoms with Gasteiger partial charge in [-0.15, -0.1) is 0 Å². The first-order chi connectivity index (χ1) is 16.0. The van der Waals surface area contributed by atoms with Gasteiger partial charge in [-0.1, -0.05) is 29.8 Å². The van der Waals surface area contributed by atoms with Gasteiger partial charge in [-0.05, 0) is 53.9 Å². The molecule has 33 heavy (non-hydrogen) atoms. The van der Waals surface area contributed by atoms with E-state index >= 15 is 0 Å². The molecular formula is C25H22ClN3O4. The Kier molecular flexibility index (Phi) is 5.64. The number of nitrogens with one attached hydrogen (secondary N) is 1. The van der Waals surface area contributed by atoms with Crippen LogP contribution in [-0.4, -0.2) is 45.9 Å². The number of hydrogen-bond acceptors (Lipinski definition) is 5. The Hall–Kier alpha value is -3.58. The van der Waals surface area contributed by atoms with Gasteiger partial charge in [0.1, 0.15) is 11.4 Å². The van der Waals surface area contributed by atoms with Crippen molar-refractivity contribution in [2.45, 2.75) is 24.8 Å². The summed E-state index contributed by atoms with van der Waals surface area (Å²) in [5.41, 5.74) is 2.14. The Labute approximate surface area is 196 Å². The number of hydrogen-bond donors (Lipinski definition) is 2. The minimum atomic E-state index is -0.249. The van der Waals surface area contributed by atoms with Gasteiger partial charge in [0.05, 0.1) is 11.1 Å². The second-order valence-corrected chi connectivity index (χ2v) is 8.77. The lowest BCUT2D eigenvalue weighted by Crippen LogP contribution is -2.40. The van der Waals surface area contributed by atoms with Gasteiger partial charge in [-0.3, -0.25) is 9.59 Å². The van der Waals surface area contributed by atoms with Gasteiger partial charge in [0.25, 0.3) is 5.91 Å². The number of carbonyl (C=O) groups is 2. The van der Waals surface area contributed by atoms with Crippen LogP contribution in [0, 0.1) is 0 Å². The molecule has 3 aromatic rings. The van der Waals surface area contributed by atoms with Crippen LogP contribution >= 0.6 is 11.6 Å². The topological polar surface area (TPSA) is 91.8 Å². The first-order valence-corrected chi connectivity index (χ1v) is 11.1. The lowest BCUT2D eigenvalue weighted by atomic mass is 9.94. The van der Waals surface area contributed by atoms with E-state index in [1.165, 1.54) is 6.20 Å². The maximum absolute atomic E-state index is 13.1. The van der Waals surface area contributed by atoms with E-state index in [0.717, 1.165) is 11.1 Å². The first-order valence-electron chi connectivity index (χ1n) is 10.8. The monoisotopic (exact) mass is 463 g/mol. The molecular weight excluding hydrogens is 442 g/mol. The summed E-state index contributed by atoms with van der Waals surface area (Å²) in [5.74, 6) is 0.545. The highest BCUT2D eigenvalue weighted by molar-refractivity contribution is 6.30. The van der Waals surface area contributed by atoms with Crippen molar-refractivity contribution >= 4 is 23.4 Å². The Morgan fingerprint density at radius 1 is 1.12 bits per heavy atom. The first kappa shape index (κ1) is 21.3. The summed E-state index contributed by atoms with van der Waals surface area (Å²) >= 11 is 5.91. The summed E-state index contributed by atoms with van der Waals surface area (Å²) in [6.07, 6.45) is 2.25. The molecule has 0 aliphatic carbocycles. The van der Waals surface area contributed by atoms with Crippen LogP contribution in [0.25, 0.3) is 0 Å². The van der Waals surface area contributed by atoms with Crippen molar-refractivity contribution in [3.8, 4) is 17.2 Å². The van der Waals surface area contributed by atoms with Crippen molar-refractivity contribution < 1.29 is 19.4 Å². The Bertz CT molecular complexity index is 1210. The zero-order valence-electron chi connectivity index (χ0n) is 17.7. The number of ether oxygens (including phenoxy) is 1. The number of pyridine rings is 1. The fourth-order valence-electron chi connectivity index (χ4n) is 4.39. The number of aromatic hydroxyl groups is 1. The second-order valence-electron chi connectivity index (χ2n) is 8.33. The van der Waals surface area contributed by atoms with Crippen molar-refractivity contribution in [2.24, 2.45) is 0 Å². The molecule has 2 amide bonds. The highest BCUT2D eigenvalue weighted by atomic mass is 35.5. The van der Waals surface area contributed by atoms with Gasteiger partial charge in [-0.25, -0.2) is 4.98 Å². The molecule has 0 saturated carbocycles. The zero-order valence-corrected chi connectivity index (χ0v) is 18.5. The minimum absolute atomic E-state index is 0.0365. The second kappa shape index (κ2) is 8.75. The molecule has 0 unspecified atom stereocenters. The number of rotatable bonds is 1. The average Bonchev–Trinajstić information content (AvgIpc) is 3.23. The molecule has 0 radical (unpaired) electrons. The standard InChI is InChI=1S/C25H22ClN3O4/c26-17-6-7-20(27-12-17)25(32)29-13-19-16-2-1-3-18(11-16)33-23-10-15(4-8-22(23)30)5-9-24(31)28-21(19)14-29/h1-4,6-8,10-12,19,21,30H,5,9,13-14H2,(H,28,31)/t19-,21+/m0/s1. The van der Waals surface area contributed by atoms with Crippen molar-refractivity contribution in [1.29, 1.82) is 0 Å². The van der Waals surface area contributed by atoms with Gasteiger partial charge in [0, 0.05) is 31.6 Å². The van der Waals surface area contributed by atoms with Gasteiger partial charge in [-0.2, -0.15) is 0 Å². The predicted octanol–water partition coefficient (Wildman–Crippen LogP) is 3.90. The minimum Gasteiger partial charge on any atom is -0.504 e. The van der Waals surface area contributed by atoms with Crippen LogP contribution in [0.1, 0.15) is 34.0 Å². The third kappa shape index (κ3) is 4.50. The zero-order chi connectivity index (χ0) is 22.9. The van der Waals surface area contributed by atoms with Crippen LogP contribution < -0.4 is 10.1 Å². The molecule has 2 aromatic carbocycles. The molecule has 0 spiro atoms. The number of aryl methyl sites for hydroxylation is 1.